The monoisotopic (exact) mass is 310 g/mol. The molecule has 1 aromatic heterocycles. The minimum atomic E-state index is 0.461. The van der Waals surface area contributed by atoms with Gasteiger partial charge < -0.3 is 4.74 Å². The summed E-state index contributed by atoms with van der Waals surface area (Å²) < 4.78 is 6.94. The molecule has 2 heterocycles. The van der Waals surface area contributed by atoms with Crippen LogP contribution in [0.4, 0.5) is 0 Å². The fraction of sp³-hybridized carbons (Fsp3) is 0.643. The molecule has 2 fully saturated rings. The van der Waals surface area contributed by atoms with Gasteiger partial charge in [-0.1, -0.05) is 12.8 Å². The second-order valence-corrected chi connectivity index (χ2v) is 6.11. The summed E-state index contributed by atoms with van der Waals surface area (Å²) in [5, 5.41) is 0. The third kappa shape index (κ3) is 2.76. The fourth-order valence-electron chi connectivity index (χ4n) is 3.08. The van der Waals surface area contributed by atoms with E-state index in [0.717, 1.165) is 29.9 Å². The lowest BCUT2D eigenvalue weighted by Crippen LogP contribution is -2.52. The summed E-state index contributed by atoms with van der Waals surface area (Å²) in [6, 6.07) is 4.79. The third-order valence-electron chi connectivity index (χ3n) is 4.00. The van der Waals surface area contributed by atoms with Crippen LogP contribution in [0.2, 0.25) is 0 Å². The average molecular weight is 311 g/mol. The van der Waals surface area contributed by atoms with Crippen LogP contribution in [0, 0.1) is 0 Å². The average Bonchev–Trinajstić information content (AvgIpc) is 2.42. The molecule has 2 aliphatic rings. The zero-order valence-electron chi connectivity index (χ0n) is 10.5. The molecule has 0 amide bonds. The Kier molecular flexibility index (Phi) is 3.97. The van der Waals surface area contributed by atoms with Gasteiger partial charge in [0.15, 0.2) is 0 Å². The highest BCUT2D eigenvalue weighted by Crippen LogP contribution is 2.29. The number of fused-ring (bicyclic) bond motifs is 1. The zero-order chi connectivity index (χ0) is 12.4. The van der Waals surface area contributed by atoms with Gasteiger partial charge in [-0.25, -0.2) is 0 Å². The predicted molar refractivity (Wildman–Crippen MR) is 74.3 cm³/mol. The quantitative estimate of drug-likeness (QED) is 0.839. The van der Waals surface area contributed by atoms with E-state index in [4.69, 9.17) is 4.74 Å². The van der Waals surface area contributed by atoms with E-state index in [9.17, 15) is 0 Å². The molecule has 2 unspecified atom stereocenters. The molecule has 0 radical (unpaired) electrons. The van der Waals surface area contributed by atoms with E-state index in [1.807, 2.05) is 6.20 Å². The van der Waals surface area contributed by atoms with Crippen LogP contribution in [0.5, 0.6) is 0 Å². The van der Waals surface area contributed by atoms with Gasteiger partial charge in [0.1, 0.15) is 0 Å². The van der Waals surface area contributed by atoms with Gasteiger partial charge in [0.05, 0.1) is 18.4 Å². The van der Waals surface area contributed by atoms with Gasteiger partial charge in [-0.2, -0.15) is 0 Å². The normalized spacial score (nSPS) is 28.9. The largest absolute Gasteiger partial charge is 0.375 e. The summed E-state index contributed by atoms with van der Waals surface area (Å²) >= 11 is 3.43. The van der Waals surface area contributed by atoms with E-state index in [2.05, 4.69) is 37.9 Å². The smallest absolute Gasteiger partial charge is 0.0731 e. The molecule has 1 saturated carbocycles. The molecule has 18 heavy (non-hydrogen) atoms. The number of ether oxygens (including phenoxy) is 1. The molecular formula is C14H19BrN2O. The molecule has 1 saturated heterocycles. The van der Waals surface area contributed by atoms with E-state index >= 15 is 0 Å². The highest BCUT2D eigenvalue weighted by molar-refractivity contribution is 9.10. The Morgan fingerprint density at radius 1 is 1.33 bits per heavy atom. The number of halogens is 1. The molecule has 2 atom stereocenters. The summed E-state index contributed by atoms with van der Waals surface area (Å²) in [5.74, 6) is 0. The standard InChI is InChI=1S/C14H19BrN2O/c15-11-5-6-12(16-9-11)10-17-7-8-18-14-4-2-1-3-13(14)17/h5-6,9,13-14H,1-4,7-8,10H2. The number of morpholine rings is 1. The molecule has 1 aromatic rings. The highest BCUT2D eigenvalue weighted by Gasteiger charge is 2.34. The maximum Gasteiger partial charge on any atom is 0.0731 e. The van der Waals surface area contributed by atoms with Gasteiger partial charge in [-0.3, -0.25) is 9.88 Å². The Morgan fingerprint density at radius 3 is 3.06 bits per heavy atom. The van der Waals surface area contributed by atoms with Crippen molar-refractivity contribution in [2.75, 3.05) is 13.2 Å². The van der Waals surface area contributed by atoms with Gasteiger partial charge in [-0.15, -0.1) is 0 Å². The number of hydrogen-bond acceptors (Lipinski definition) is 3. The molecule has 4 heteroatoms. The second-order valence-electron chi connectivity index (χ2n) is 5.20. The summed E-state index contributed by atoms with van der Waals surface area (Å²) in [5.41, 5.74) is 1.16. The van der Waals surface area contributed by atoms with Crippen LogP contribution in [0.25, 0.3) is 0 Å². The van der Waals surface area contributed by atoms with Gasteiger partial charge >= 0.3 is 0 Å². The van der Waals surface area contributed by atoms with E-state index in [0.29, 0.717) is 12.1 Å². The number of rotatable bonds is 2. The summed E-state index contributed by atoms with van der Waals surface area (Å²) in [4.78, 5) is 7.04. The summed E-state index contributed by atoms with van der Waals surface area (Å²) in [6.45, 7) is 2.87. The fourth-order valence-corrected chi connectivity index (χ4v) is 3.32. The van der Waals surface area contributed by atoms with E-state index in [1.54, 1.807) is 0 Å². The lowest BCUT2D eigenvalue weighted by atomic mass is 9.90. The van der Waals surface area contributed by atoms with Crippen LogP contribution >= 0.6 is 15.9 Å². The zero-order valence-corrected chi connectivity index (χ0v) is 12.1. The van der Waals surface area contributed by atoms with Crippen LogP contribution in [0.1, 0.15) is 31.4 Å². The Labute approximate surface area is 117 Å². The molecule has 0 N–H and O–H groups in total. The predicted octanol–water partition coefficient (Wildman–Crippen LogP) is 2.99. The lowest BCUT2D eigenvalue weighted by Gasteiger charge is -2.43. The van der Waals surface area contributed by atoms with Crippen molar-refractivity contribution < 1.29 is 4.74 Å². The molecule has 1 aliphatic heterocycles. The number of pyridine rings is 1. The van der Waals surface area contributed by atoms with E-state index in [1.165, 1.54) is 25.7 Å². The summed E-state index contributed by atoms with van der Waals surface area (Å²) in [6.07, 6.45) is 7.52. The minimum Gasteiger partial charge on any atom is -0.375 e. The first kappa shape index (κ1) is 12.6. The molecule has 1 aliphatic carbocycles. The van der Waals surface area contributed by atoms with Crippen molar-refractivity contribution in [1.29, 1.82) is 0 Å². The Balaban J connectivity index is 1.69. The Hall–Kier alpha value is -0.450. The summed E-state index contributed by atoms with van der Waals surface area (Å²) in [7, 11) is 0. The minimum absolute atomic E-state index is 0.461. The molecule has 3 rings (SSSR count). The number of nitrogens with zero attached hydrogens (tertiary/aromatic N) is 2. The number of aromatic nitrogens is 1. The highest BCUT2D eigenvalue weighted by atomic mass is 79.9. The maximum atomic E-state index is 5.90. The Morgan fingerprint density at radius 2 is 2.22 bits per heavy atom. The molecular weight excluding hydrogens is 292 g/mol. The molecule has 3 nitrogen and oxygen atoms in total. The van der Waals surface area contributed by atoms with E-state index < -0.39 is 0 Å². The second kappa shape index (κ2) is 5.68. The topological polar surface area (TPSA) is 25.4 Å². The maximum absolute atomic E-state index is 5.90. The van der Waals surface area contributed by atoms with Crippen LogP contribution in [-0.4, -0.2) is 35.2 Å². The van der Waals surface area contributed by atoms with Gasteiger partial charge in [-0.05, 0) is 40.9 Å². The van der Waals surface area contributed by atoms with Crippen LogP contribution in [0.15, 0.2) is 22.8 Å². The van der Waals surface area contributed by atoms with Crippen LogP contribution in [0.3, 0.4) is 0 Å². The lowest BCUT2D eigenvalue weighted by molar-refractivity contribution is -0.0914. The van der Waals surface area contributed by atoms with Gasteiger partial charge in [0.25, 0.3) is 0 Å². The van der Waals surface area contributed by atoms with E-state index in [-0.39, 0.29) is 0 Å². The van der Waals surface area contributed by atoms with Crippen molar-refractivity contribution in [3.63, 3.8) is 0 Å². The molecule has 98 valence electrons. The van der Waals surface area contributed by atoms with Crippen molar-refractivity contribution in [2.24, 2.45) is 0 Å². The van der Waals surface area contributed by atoms with Crippen LogP contribution < -0.4 is 0 Å². The van der Waals surface area contributed by atoms with Crippen molar-refractivity contribution in [3.05, 3.63) is 28.5 Å². The molecule has 0 bridgehead atoms. The first-order chi connectivity index (χ1) is 8.83. The molecule has 0 spiro atoms. The Bertz CT molecular complexity index is 393. The van der Waals surface area contributed by atoms with Gasteiger partial charge in [0.2, 0.25) is 0 Å². The molecule has 0 aromatic carbocycles. The first-order valence-corrected chi connectivity index (χ1v) is 7.58. The first-order valence-electron chi connectivity index (χ1n) is 6.79. The SMILES string of the molecule is Brc1ccc(CN2CCOC3CCCCC32)nc1. The van der Waals surface area contributed by atoms with Gasteiger partial charge in [0, 0.05) is 29.8 Å². The number of hydrogen-bond donors (Lipinski definition) is 0. The van der Waals surface area contributed by atoms with Crippen molar-refractivity contribution in [1.82, 2.24) is 9.88 Å². The van der Waals surface area contributed by atoms with Crippen molar-refractivity contribution in [2.45, 2.75) is 44.4 Å². The van der Waals surface area contributed by atoms with Crippen LogP contribution in [-0.2, 0) is 11.3 Å². The van der Waals surface area contributed by atoms with Crippen molar-refractivity contribution >= 4 is 15.9 Å². The van der Waals surface area contributed by atoms with Crippen molar-refractivity contribution in [3.8, 4) is 0 Å². The third-order valence-corrected chi connectivity index (χ3v) is 4.47.